The largest absolute Gasteiger partial charge is 0.478 e. The molecule has 3 rings (SSSR count). The molecule has 2 atom stereocenters. The quantitative estimate of drug-likeness (QED) is 0.455. The number of carboxylic acids is 1. The van der Waals surface area contributed by atoms with Crippen LogP contribution < -0.4 is 5.32 Å². The third-order valence-corrected chi connectivity index (χ3v) is 7.54. The fraction of sp³-hybridized carbons (Fsp3) is 0.318. The Morgan fingerprint density at radius 1 is 1.12 bits per heavy atom. The summed E-state index contributed by atoms with van der Waals surface area (Å²) in [5, 5.41) is 11.5. The van der Waals surface area contributed by atoms with Gasteiger partial charge >= 0.3 is 5.97 Å². The molecule has 0 bridgehead atoms. The van der Waals surface area contributed by atoms with Gasteiger partial charge in [-0.15, -0.1) is 0 Å². The lowest BCUT2D eigenvalue weighted by molar-refractivity contribution is -0.136. The molecule has 1 heterocycles. The smallest absolute Gasteiger partial charge is 0.335 e. The van der Waals surface area contributed by atoms with Gasteiger partial charge in [-0.25, -0.2) is 13.2 Å². The number of hydrogen-bond donors (Lipinski definition) is 3. The maximum atomic E-state index is 13.1. The van der Waals surface area contributed by atoms with Crippen LogP contribution in [0.3, 0.4) is 0 Å². The molecule has 0 saturated carbocycles. The molecular formula is C22H25N3O6S2. The van der Waals surface area contributed by atoms with Gasteiger partial charge in [-0.05, 0) is 42.8 Å². The third kappa shape index (κ3) is 5.92. The first kappa shape index (κ1) is 24.7. The fourth-order valence-corrected chi connectivity index (χ4v) is 5.73. The Kier molecular flexibility index (Phi) is 7.77. The summed E-state index contributed by atoms with van der Waals surface area (Å²) < 4.78 is 27.3. The van der Waals surface area contributed by atoms with Crippen molar-refractivity contribution in [3.05, 3.63) is 60.2 Å². The van der Waals surface area contributed by atoms with Gasteiger partial charge in [-0.1, -0.05) is 18.2 Å². The van der Waals surface area contributed by atoms with Gasteiger partial charge in [-0.2, -0.15) is 16.9 Å². The molecule has 2 aromatic carbocycles. The topological polar surface area (TPSA) is 124 Å². The highest BCUT2D eigenvalue weighted by Crippen LogP contribution is 2.29. The van der Waals surface area contributed by atoms with Crippen molar-refractivity contribution in [1.29, 1.82) is 0 Å². The van der Waals surface area contributed by atoms with Crippen LogP contribution in [-0.2, 0) is 19.6 Å². The van der Waals surface area contributed by atoms with E-state index in [9.17, 15) is 22.8 Å². The first-order valence-electron chi connectivity index (χ1n) is 10.2. The van der Waals surface area contributed by atoms with E-state index in [0.29, 0.717) is 5.69 Å². The van der Waals surface area contributed by atoms with E-state index >= 15 is 0 Å². The summed E-state index contributed by atoms with van der Waals surface area (Å²) in [5.41, 5.74) is 0.697. The molecule has 2 N–H and O–H groups in total. The lowest BCUT2D eigenvalue weighted by Gasteiger charge is -2.27. The zero-order valence-electron chi connectivity index (χ0n) is 17.9. The van der Waals surface area contributed by atoms with Crippen LogP contribution in [0.5, 0.6) is 0 Å². The van der Waals surface area contributed by atoms with Gasteiger partial charge in [0.1, 0.15) is 6.04 Å². The van der Waals surface area contributed by atoms with Crippen molar-refractivity contribution in [2.45, 2.75) is 22.6 Å². The molecule has 1 aliphatic heterocycles. The van der Waals surface area contributed by atoms with E-state index in [2.05, 4.69) is 17.9 Å². The minimum Gasteiger partial charge on any atom is -0.478 e. The summed E-state index contributed by atoms with van der Waals surface area (Å²) in [4.78, 5) is 37.7. The Bertz CT molecular complexity index is 1120. The standard InChI is InChI=1S/C22H25N3O6S2/c1-24(13-17(26)12-23-16-9-7-15(8-10-16)22(28)29)21(27)20-11-18(32)14-25(20)33(30,31)19-5-3-2-4-6-19/h2-10,18,20,23,32H,11-14H2,1H3,(H,28,29)/t18-,20+/m1/s1. The molecule has 1 saturated heterocycles. The highest BCUT2D eigenvalue weighted by molar-refractivity contribution is 7.89. The van der Waals surface area contributed by atoms with Crippen molar-refractivity contribution in [3.8, 4) is 0 Å². The summed E-state index contributed by atoms with van der Waals surface area (Å²) in [7, 11) is -2.43. The second-order valence-electron chi connectivity index (χ2n) is 7.76. The van der Waals surface area contributed by atoms with Crippen molar-refractivity contribution in [2.24, 2.45) is 0 Å². The second-order valence-corrected chi connectivity index (χ2v) is 10.4. The first-order chi connectivity index (χ1) is 15.6. The van der Waals surface area contributed by atoms with Gasteiger partial charge in [0.25, 0.3) is 0 Å². The minimum atomic E-state index is -3.89. The lowest BCUT2D eigenvalue weighted by atomic mass is 10.2. The molecular weight excluding hydrogens is 466 g/mol. The van der Waals surface area contributed by atoms with E-state index in [1.807, 2.05) is 0 Å². The molecule has 1 amide bonds. The van der Waals surface area contributed by atoms with Crippen molar-refractivity contribution in [1.82, 2.24) is 9.21 Å². The number of anilines is 1. The van der Waals surface area contributed by atoms with Gasteiger partial charge < -0.3 is 15.3 Å². The number of rotatable bonds is 9. The highest BCUT2D eigenvalue weighted by Gasteiger charge is 2.44. The number of amides is 1. The number of nitrogens with one attached hydrogen (secondary N) is 1. The number of carbonyl (C=O) groups excluding carboxylic acids is 2. The maximum Gasteiger partial charge on any atom is 0.335 e. The number of benzene rings is 2. The van der Waals surface area contributed by atoms with Gasteiger partial charge in [-0.3, -0.25) is 9.59 Å². The number of ketones is 1. The predicted molar refractivity (Wildman–Crippen MR) is 126 cm³/mol. The molecule has 1 fully saturated rings. The number of thiol groups is 1. The number of carboxylic acid groups (broad SMARTS) is 1. The Balaban J connectivity index is 1.62. The van der Waals surface area contributed by atoms with Gasteiger partial charge in [0.15, 0.2) is 5.78 Å². The number of Topliss-reactive ketones (excluding diaryl/α,β-unsaturated/α-hetero) is 1. The normalized spacial score (nSPS) is 18.6. The highest BCUT2D eigenvalue weighted by atomic mass is 32.2. The van der Waals surface area contributed by atoms with Crippen LogP contribution in [0.4, 0.5) is 5.69 Å². The zero-order chi connectivity index (χ0) is 24.2. The van der Waals surface area contributed by atoms with Crippen LogP contribution in [0.1, 0.15) is 16.8 Å². The third-order valence-electron chi connectivity index (χ3n) is 5.28. The number of hydrogen-bond acceptors (Lipinski definition) is 7. The Labute approximate surface area is 197 Å². The minimum absolute atomic E-state index is 0.0735. The van der Waals surface area contributed by atoms with Gasteiger partial charge in [0.2, 0.25) is 15.9 Å². The number of sulfonamides is 1. The lowest BCUT2D eigenvalue weighted by Crippen LogP contribution is -2.48. The van der Waals surface area contributed by atoms with Crippen LogP contribution in [0.15, 0.2) is 59.5 Å². The Morgan fingerprint density at radius 2 is 1.76 bits per heavy atom. The van der Waals surface area contributed by atoms with Gasteiger partial charge in [0, 0.05) is 24.5 Å². The monoisotopic (exact) mass is 491 g/mol. The average Bonchev–Trinajstić information content (AvgIpc) is 3.20. The van der Waals surface area contributed by atoms with Gasteiger partial charge in [0.05, 0.1) is 23.5 Å². The van der Waals surface area contributed by atoms with Crippen molar-refractivity contribution in [2.75, 3.05) is 32.0 Å². The average molecular weight is 492 g/mol. The molecule has 1 aliphatic rings. The van der Waals surface area contributed by atoms with E-state index in [-0.39, 0.29) is 47.5 Å². The van der Waals surface area contributed by atoms with Crippen LogP contribution in [0, 0.1) is 0 Å². The number of carbonyl (C=O) groups is 3. The number of likely N-dealkylation sites (N-methyl/N-ethyl adjacent to an activating group) is 1. The van der Waals surface area contributed by atoms with E-state index in [0.717, 1.165) is 4.31 Å². The van der Waals surface area contributed by atoms with Crippen LogP contribution in [0.2, 0.25) is 0 Å². The second kappa shape index (κ2) is 10.4. The zero-order valence-corrected chi connectivity index (χ0v) is 19.6. The van der Waals surface area contributed by atoms with Crippen LogP contribution >= 0.6 is 12.6 Å². The summed E-state index contributed by atoms with van der Waals surface area (Å²) in [6.45, 7) is -0.172. The molecule has 2 aromatic rings. The SMILES string of the molecule is CN(CC(=O)CNc1ccc(C(=O)O)cc1)C(=O)[C@@H]1C[C@@H](S)CN1S(=O)(=O)c1ccccc1. The molecule has 9 nitrogen and oxygen atoms in total. The van der Waals surface area contributed by atoms with Crippen LogP contribution in [-0.4, -0.2) is 78.4 Å². The van der Waals surface area contributed by atoms with Crippen molar-refractivity contribution < 1.29 is 27.9 Å². The molecule has 33 heavy (non-hydrogen) atoms. The molecule has 0 aromatic heterocycles. The summed E-state index contributed by atoms with van der Waals surface area (Å²) in [5.74, 6) is -1.80. The molecule has 0 spiro atoms. The molecule has 176 valence electrons. The predicted octanol–water partition coefficient (Wildman–Crippen LogP) is 1.59. The molecule has 0 radical (unpaired) electrons. The maximum absolute atomic E-state index is 13.1. The summed E-state index contributed by atoms with van der Waals surface area (Å²) >= 11 is 4.39. The van der Waals surface area contributed by atoms with E-state index in [1.54, 1.807) is 30.3 Å². The fourth-order valence-electron chi connectivity index (χ4n) is 3.59. The molecule has 0 aliphatic carbocycles. The number of nitrogens with zero attached hydrogens (tertiary/aromatic N) is 2. The summed E-state index contributed by atoms with van der Waals surface area (Å²) in [6.07, 6.45) is 0.251. The molecule has 0 unspecified atom stereocenters. The number of aromatic carboxylic acids is 1. The Hall–Kier alpha value is -2.89. The van der Waals surface area contributed by atoms with E-state index < -0.39 is 27.9 Å². The first-order valence-corrected chi connectivity index (χ1v) is 12.1. The van der Waals surface area contributed by atoms with Crippen molar-refractivity contribution >= 4 is 46.0 Å². The molecule has 11 heteroatoms. The van der Waals surface area contributed by atoms with Crippen molar-refractivity contribution in [3.63, 3.8) is 0 Å². The van der Waals surface area contributed by atoms with E-state index in [4.69, 9.17) is 5.11 Å². The Morgan fingerprint density at radius 3 is 2.36 bits per heavy atom. The summed E-state index contributed by atoms with van der Waals surface area (Å²) in [6, 6.07) is 12.9. The van der Waals surface area contributed by atoms with Crippen LogP contribution in [0.25, 0.3) is 0 Å². The van der Waals surface area contributed by atoms with E-state index in [1.165, 1.54) is 36.2 Å².